The van der Waals surface area contributed by atoms with Crippen LogP contribution < -0.4 is 10.6 Å². The van der Waals surface area contributed by atoms with E-state index in [4.69, 9.17) is 23.2 Å². The number of halogens is 2. The van der Waals surface area contributed by atoms with Gasteiger partial charge in [0.1, 0.15) is 0 Å². The molecule has 2 aliphatic heterocycles. The molecule has 0 spiro atoms. The van der Waals surface area contributed by atoms with Crippen molar-refractivity contribution in [3.63, 3.8) is 0 Å². The normalized spacial score (nSPS) is 21.7. The van der Waals surface area contributed by atoms with Crippen LogP contribution >= 0.6 is 23.2 Å². The summed E-state index contributed by atoms with van der Waals surface area (Å²) in [6.45, 7) is 0. The number of sulfone groups is 1. The number of hydrogen-bond acceptors (Lipinski definition) is 6. The first-order chi connectivity index (χ1) is 18.5. The van der Waals surface area contributed by atoms with E-state index in [0.29, 0.717) is 0 Å². The molecule has 4 aromatic carbocycles. The smallest absolute Gasteiger partial charge is 0.254 e. The maximum atomic E-state index is 13.9. The van der Waals surface area contributed by atoms with Crippen LogP contribution in [0.1, 0.15) is 43.0 Å². The van der Waals surface area contributed by atoms with Gasteiger partial charge in [0, 0.05) is 33.4 Å². The molecule has 2 atom stereocenters. The highest BCUT2D eigenvalue weighted by atomic mass is 35.5. The van der Waals surface area contributed by atoms with E-state index in [9.17, 15) is 28.2 Å². The summed E-state index contributed by atoms with van der Waals surface area (Å²) >= 11 is 12.7. The minimum atomic E-state index is -4.45. The van der Waals surface area contributed by atoms with Gasteiger partial charge in [0.15, 0.2) is 11.4 Å². The Morgan fingerprint density at radius 1 is 0.615 bits per heavy atom. The van der Waals surface area contributed by atoms with Crippen molar-refractivity contribution >= 4 is 44.9 Å². The molecular weight excluding hydrogens is 563 g/mol. The zero-order valence-electron chi connectivity index (χ0n) is 19.8. The van der Waals surface area contributed by atoms with Crippen LogP contribution in [0.4, 0.5) is 0 Å². The first-order valence-electron chi connectivity index (χ1n) is 11.6. The fourth-order valence-electron chi connectivity index (χ4n) is 5.03. The molecule has 4 aromatic rings. The number of carbonyl (C=O) groups is 2. The fraction of sp³-hybridized carbons (Fsp3) is 0.0714. The van der Waals surface area contributed by atoms with Crippen LogP contribution in [0, 0.1) is 0 Å². The average molecular weight is 581 g/mol. The lowest BCUT2D eigenvalue weighted by molar-refractivity contribution is 0.0464. The summed E-state index contributed by atoms with van der Waals surface area (Å²) in [5.74, 6) is -1.04. The van der Waals surface area contributed by atoms with Crippen LogP contribution in [-0.2, 0) is 21.3 Å². The molecule has 0 aromatic heterocycles. The topological polar surface area (TPSA) is 133 Å². The first kappa shape index (κ1) is 25.5. The largest absolute Gasteiger partial charge is 0.363 e. The van der Waals surface area contributed by atoms with Gasteiger partial charge in [0.05, 0.1) is 19.8 Å². The molecule has 2 aliphatic rings. The van der Waals surface area contributed by atoms with Crippen LogP contribution in [0.2, 0.25) is 10.0 Å². The standard InChI is InChI=1S/C28H18Cl2N2O6S/c29-21-11-9-15(27(35)19-7-3-1-5-17(19)25(33)31-27)13-23(21)39(37,38)24-14-16(10-12-22(24)30)28(36)20-8-4-2-6-18(20)26(34)32-28/h1-14,35-36H,(H,31,33)(H,32,34). The Kier molecular flexibility index (Phi) is 5.66. The number of carbonyl (C=O) groups excluding carboxylic acids is 2. The lowest BCUT2D eigenvalue weighted by Gasteiger charge is -2.26. The third kappa shape index (κ3) is 3.70. The van der Waals surface area contributed by atoms with Gasteiger partial charge in [-0.15, -0.1) is 0 Å². The lowest BCUT2D eigenvalue weighted by Crippen LogP contribution is -2.40. The molecule has 39 heavy (non-hydrogen) atoms. The monoisotopic (exact) mass is 580 g/mol. The van der Waals surface area contributed by atoms with Crippen LogP contribution in [-0.4, -0.2) is 30.4 Å². The molecule has 196 valence electrons. The summed E-state index contributed by atoms with van der Waals surface area (Å²) in [4.78, 5) is 24.2. The Bertz CT molecular complexity index is 1720. The molecule has 2 unspecified atom stereocenters. The molecule has 0 fully saturated rings. The van der Waals surface area contributed by atoms with Gasteiger partial charge >= 0.3 is 0 Å². The Labute approximate surface area is 232 Å². The van der Waals surface area contributed by atoms with Crippen molar-refractivity contribution in [3.05, 3.63) is 128 Å². The van der Waals surface area contributed by atoms with E-state index in [-0.39, 0.29) is 53.2 Å². The zero-order chi connectivity index (χ0) is 27.7. The van der Waals surface area contributed by atoms with E-state index in [1.54, 1.807) is 48.5 Å². The third-order valence-corrected chi connectivity index (χ3v) is 9.71. The number of benzene rings is 4. The Balaban J connectivity index is 1.48. The van der Waals surface area contributed by atoms with Crippen molar-refractivity contribution < 1.29 is 28.2 Å². The Hall–Kier alpha value is -3.73. The van der Waals surface area contributed by atoms with Gasteiger partial charge in [-0.2, -0.15) is 0 Å². The van der Waals surface area contributed by atoms with Gasteiger partial charge in [-0.3, -0.25) is 9.59 Å². The summed E-state index contributed by atoms with van der Waals surface area (Å²) in [6.07, 6.45) is 0. The van der Waals surface area contributed by atoms with Gasteiger partial charge in [-0.25, -0.2) is 8.42 Å². The van der Waals surface area contributed by atoms with Crippen molar-refractivity contribution in [2.45, 2.75) is 21.2 Å². The second-order valence-corrected chi connectivity index (χ2v) is 11.9. The predicted octanol–water partition coefficient (Wildman–Crippen LogP) is 3.70. The van der Waals surface area contributed by atoms with Crippen molar-refractivity contribution in [2.24, 2.45) is 0 Å². The summed E-state index contributed by atoms with van der Waals surface area (Å²) < 4.78 is 27.9. The van der Waals surface area contributed by atoms with Crippen molar-refractivity contribution in [2.75, 3.05) is 0 Å². The van der Waals surface area contributed by atoms with Crippen molar-refractivity contribution in [1.82, 2.24) is 10.6 Å². The number of nitrogens with one attached hydrogen (secondary N) is 2. The Morgan fingerprint density at radius 3 is 1.41 bits per heavy atom. The second kappa shape index (κ2) is 8.64. The highest BCUT2D eigenvalue weighted by Gasteiger charge is 2.45. The van der Waals surface area contributed by atoms with Crippen LogP contribution in [0.25, 0.3) is 0 Å². The number of aliphatic hydroxyl groups is 2. The first-order valence-corrected chi connectivity index (χ1v) is 13.8. The predicted molar refractivity (Wildman–Crippen MR) is 142 cm³/mol. The minimum absolute atomic E-state index is 0.0617. The molecular formula is C28H18Cl2N2O6S. The maximum Gasteiger partial charge on any atom is 0.254 e. The maximum absolute atomic E-state index is 13.9. The van der Waals surface area contributed by atoms with Gasteiger partial charge in [0.25, 0.3) is 11.8 Å². The molecule has 4 N–H and O–H groups in total. The number of fused-ring (bicyclic) bond motifs is 2. The zero-order valence-corrected chi connectivity index (χ0v) is 22.1. The van der Waals surface area contributed by atoms with E-state index in [2.05, 4.69) is 10.6 Å². The van der Waals surface area contributed by atoms with E-state index in [0.717, 1.165) is 0 Å². The van der Waals surface area contributed by atoms with Gasteiger partial charge < -0.3 is 20.8 Å². The van der Waals surface area contributed by atoms with E-state index in [1.807, 2.05) is 0 Å². The van der Waals surface area contributed by atoms with Crippen LogP contribution in [0.15, 0.2) is 94.7 Å². The molecule has 6 rings (SSSR count). The quantitative estimate of drug-likeness (QED) is 0.291. The van der Waals surface area contributed by atoms with Gasteiger partial charge in [0.2, 0.25) is 9.84 Å². The molecule has 11 heteroatoms. The van der Waals surface area contributed by atoms with Crippen molar-refractivity contribution in [1.29, 1.82) is 0 Å². The summed E-state index contributed by atoms with van der Waals surface area (Å²) in [6, 6.07) is 20.6. The fourth-order valence-corrected chi connectivity index (χ4v) is 7.33. The molecule has 8 nitrogen and oxygen atoms in total. The highest BCUT2D eigenvalue weighted by molar-refractivity contribution is 7.91. The molecule has 0 saturated heterocycles. The SMILES string of the molecule is O=C1NC(O)(c2ccc(Cl)c(S(=O)(=O)c3cc(C4(O)NC(=O)c5ccccc54)ccc3Cl)c2)c2ccccc21. The molecule has 0 bridgehead atoms. The molecule has 0 radical (unpaired) electrons. The van der Waals surface area contributed by atoms with E-state index >= 15 is 0 Å². The van der Waals surface area contributed by atoms with Crippen LogP contribution in [0.3, 0.4) is 0 Å². The van der Waals surface area contributed by atoms with E-state index in [1.165, 1.54) is 36.4 Å². The lowest BCUT2D eigenvalue weighted by atomic mass is 9.94. The van der Waals surface area contributed by atoms with Crippen molar-refractivity contribution in [3.8, 4) is 0 Å². The van der Waals surface area contributed by atoms with E-state index < -0.39 is 33.1 Å². The Morgan fingerprint density at radius 2 is 1.00 bits per heavy atom. The second-order valence-electron chi connectivity index (χ2n) is 9.21. The minimum Gasteiger partial charge on any atom is -0.363 e. The third-order valence-electron chi connectivity index (χ3n) is 6.99. The van der Waals surface area contributed by atoms with Crippen LogP contribution in [0.5, 0.6) is 0 Å². The number of amides is 2. The summed E-state index contributed by atoms with van der Waals surface area (Å²) in [5.41, 5.74) is -2.84. The number of hydrogen-bond donors (Lipinski definition) is 4. The summed E-state index contributed by atoms with van der Waals surface area (Å²) in [5, 5.41) is 27.6. The highest BCUT2D eigenvalue weighted by Crippen LogP contribution is 2.41. The van der Waals surface area contributed by atoms with Gasteiger partial charge in [-0.1, -0.05) is 71.7 Å². The molecule has 2 heterocycles. The molecule has 0 aliphatic carbocycles. The van der Waals surface area contributed by atoms with Gasteiger partial charge in [-0.05, 0) is 36.4 Å². The summed E-state index contributed by atoms with van der Waals surface area (Å²) in [7, 11) is -4.45. The molecule has 2 amide bonds. The number of rotatable bonds is 4. The molecule has 0 saturated carbocycles. The average Bonchev–Trinajstić information content (AvgIpc) is 3.34.